The Bertz CT molecular complexity index is 720. The maximum atomic E-state index is 11.4. The van der Waals surface area contributed by atoms with Crippen molar-refractivity contribution in [2.24, 2.45) is 0 Å². The van der Waals surface area contributed by atoms with Gasteiger partial charge >= 0.3 is 0 Å². The van der Waals surface area contributed by atoms with Crippen LogP contribution < -0.4 is 4.90 Å². The van der Waals surface area contributed by atoms with Gasteiger partial charge in [0.15, 0.2) is 9.84 Å². The highest BCUT2D eigenvalue weighted by molar-refractivity contribution is 7.90. The van der Waals surface area contributed by atoms with Crippen molar-refractivity contribution in [2.75, 3.05) is 17.7 Å². The highest BCUT2D eigenvalue weighted by Crippen LogP contribution is 2.28. The minimum atomic E-state index is -3.11. The smallest absolute Gasteiger partial charge is 0.175 e. The highest BCUT2D eigenvalue weighted by Gasteiger charge is 2.18. The summed E-state index contributed by atoms with van der Waals surface area (Å²) in [6, 6.07) is 15.6. The molecule has 20 heavy (non-hydrogen) atoms. The molecule has 3 nitrogen and oxygen atoms in total. The van der Waals surface area contributed by atoms with Gasteiger partial charge in [0.25, 0.3) is 0 Å². The second-order valence-corrected chi connectivity index (χ2v) is 7.23. The van der Waals surface area contributed by atoms with Crippen molar-refractivity contribution in [1.29, 1.82) is 0 Å². The molecule has 0 saturated carbocycles. The van der Waals surface area contributed by atoms with Gasteiger partial charge in [-0.3, -0.25) is 0 Å². The van der Waals surface area contributed by atoms with Gasteiger partial charge in [-0.15, -0.1) is 0 Å². The van der Waals surface area contributed by atoms with E-state index in [9.17, 15) is 8.42 Å². The Kier molecular flexibility index (Phi) is 3.26. The van der Waals surface area contributed by atoms with Crippen LogP contribution >= 0.6 is 0 Å². The van der Waals surface area contributed by atoms with Gasteiger partial charge in [-0.2, -0.15) is 0 Å². The molecule has 1 aliphatic heterocycles. The lowest BCUT2D eigenvalue weighted by Gasteiger charge is -2.19. The van der Waals surface area contributed by atoms with E-state index >= 15 is 0 Å². The number of para-hydroxylation sites is 1. The van der Waals surface area contributed by atoms with E-state index in [1.165, 1.54) is 17.5 Å². The number of anilines is 1. The summed E-state index contributed by atoms with van der Waals surface area (Å²) < 4.78 is 22.9. The molecule has 0 aromatic heterocycles. The summed E-state index contributed by atoms with van der Waals surface area (Å²) in [5, 5.41) is 0. The Morgan fingerprint density at radius 3 is 2.45 bits per heavy atom. The van der Waals surface area contributed by atoms with Crippen LogP contribution in [0.1, 0.15) is 11.1 Å². The lowest BCUT2D eigenvalue weighted by molar-refractivity contribution is 0.602. The number of nitrogens with zero attached hydrogens (tertiary/aromatic N) is 1. The second kappa shape index (κ2) is 4.94. The monoisotopic (exact) mass is 287 g/mol. The highest BCUT2D eigenvalue weighted by atomic mass is 32.2. The zero-order valence-electron chi connectivity index (χ0n) is 11.4. The minimum Gasteiger partial charge on any atom is -0.367 e. The lowest BCUT2D eigenvalue weighted by atomic mass is 10.1. The van der Waals surface area contributed by atoms with E-state index in [4.69, 9.17) is 0 Å². The summed E-state index contributed by atoms with van der Waals surface area (Å²) in [6.45, 7) is 1.84. The first-order chi connectivity index (χ1) is 9.54. The van der Waals surface area contributed by atoms with Gasteiger partial charge in [-0.05, 0) is 35.7 Å². The average molecular weight is 287 g/mol. The summed E-state index contributed by atoms with van der Waals surface area (Å²) in [5.74, 6) is 0. The van der Waals surface area contributed by atoms with E-state index < -0.39 is 9.84 Å². The molecule has 1 heterocycles. The number of benzene rings is 2. The average Bonchev–Trinajstić information content (AvgIpc) is 2.82. The van der Waals surface area contributed by atoms with Gasteiger partial charge in [0.1, 0.15) is 0 Å². The quantitative estimate of drug-likeness (QED) is 0.871. The molecule has 0 fully saturated rings. The number of hydrogen-bond donors (Lipinski definition) is 0. The van der Waals surface area contributed by atoms with Crippen molar-refractivity contribution in [1.82, 2.24) is 0 Å². The molecule has 0 N–H and O–H groups in total. The molecule has 0 spiro atoms. The third-order valence-electron chi connectivity index (χ3n) is 3.71. The van der Waals surface area contributed by atoms with Crippen LogP contribution in [-0.4, -0.2) is 21.2 Å². The fourth-order valence-corrected chi connectivity index (χ4v) is 3.26. The summed E-state index contributed by atoms with van der Waals surface area (Å²) in [4.78, 5) is 2.72. The number of fused-ring (bicyclic) bond motifs is 1. The van der Waals surface area contributed by atoms with Crippen LogP contribution in [0.4, 0.5) is 5.69 Å². The molecule has 0 saturated heterocycles. The van der Waals surface area contributed by atoms with Gasteiger partial charge in [-0.1, -0.05) is 30.3 Å². The fourth-order valence-electron chi connectivity index (χ4n) is 2.63. The van der Waals surface area contributed by atoms with Crippen molar-refractivity contribution < 1.29 is 8.42 Å². The Morgan fingerprint density at radius 2 is 1.75 bits per heavy atom. The largest absolute Gasteiger partial charge is 0.367 e. The molecule has 0 amide bonds. The van der Waals surface area contributed by atoms with E-state index in [0.29, 0.717) is 4.90 Å². The Balaban J connectivity index is 1.80. The van der Waals surface area contributed by atoms with Crippen molar-refractivity contribution in [2.45, 2.75) is 17.9 Å². The molecule has 0 atom stereocenters. The number of sulfone groups is 1. The van der Waals surface area contributed by atoms with E-state index in [1.807, 2.05) is 12.1 Å². The fraction of sp³-hybridized carbons (Fsp3) is 0.250. The summed E-state index contributed by atoms with van der Waals surface area (Å²) in [5.41, 5.74) is 3.81. The predicted molar refractivity (Wildman–Crippen MR) is 80.7 cm³/mol. The van der Waals surface area contributed by atoms with Crippen LogP contribution in [0.15, 0.2) is 53.4 Å². The van der Waals surface area contributed by atoms with Crippen LogP contribution in [0.25, 0.3) is 0 Å². The molecule has 3 rings (SSSR count). The summed E-state index contributed by atoms with van der Waals surface area (Å²) >= 11 is 0. The zero-order chi connectivity index (χ0) is 14.2. The molecule has 0 bridgehead atoms. The first-order valence-corrected chi connectivity index (χ1v) is 8.55. The SMILES string of the molecule is CS(=O)(=O)c1ccc(CN2CCc3ccccc32)cc1. The van der Waals surface area contributed by atoms with E-state index in [-0.39, 0.29) is 0 Å². The third-order valence-corrected chi connectivity index (χ3v) is 4.84. The van der Waals surface area contributed by atoms with E-state index in [1.54, 1.807) is 12.1 Å². The molecular weight excluding hydrogens is 270 g/mol. The van der Waals surface area contributed by atoms with Gasteiger partial charge in [0.05, 0.1) is 4.90 Å². The lowest BCUT2D eigenvalue weighted by Crippen LogP contribution is -2.19. The predicted octanol–water partition coefficient (Wildman–Crippen LogP) is 2.65. The van der Waals surface area contributed by atoms with Crippen LogP contribution in [0.2, 0.25) is 0 Å². The molecule has 2 aromatic rings. The number of rotatable bonds is 3. The van der Waals surface area contributed by atoms with Crippen molar-refractivity contribution >= 4 is 15.5 Å². The van der Waals surface area contributed by atoms with Crippen LogP contribution in [0, 0.1) is 0 Å². The first kappa shape index (κ1) is 13.2. The van der Waals surface area contributed by atoms with Crippen molar-refractivity contribution in [3.8, 4) is 0 Å². The van der Waals surface area contributed by atoms with Crippen LogP contribution in [-0.2, 0) is 22.8 Å². The van der Waals surface area contributed by atoms with Gasteiger partial charge in [0, 0.05) is 25.0 Å². The topological polar surface area (TPSA) is 37.4 Å². The third kappa shape index (κ3) is 2.56. The molecule has 104 valence electrons. The molecule has 4 heteroatoms. The van der Waals surface area contributed by atoms with Crippen molar-refractivity contribution in [3.63, 3.8) is 0 Å². The van der Waals surface area contributed by atoms with Crippen LogP contribution in [0.5, 0.6) is 0 Å². The van der Waals surface area contributed by atoms with E-state index in [2.05, 4.69) is 29.2 Å². The maximum Gasteiger partial charge on any atom is 0.175 e. The summed E-state index contributed by atoms with van der Waals surface area (Å²) in [7, 11) is -3.11. The normalized spacial score (nSPS) is 14.3. The molecule has 2 aromatic carbocycles. The zero-order valence-corrected chi connectivity index (χ0v) is 12.2. The minimum absolute atomic E-state index is 0.378. The molecule has 0 radical (unpaired) electrons. The second-order valence-electron chi connectivity index (χ2n) is 5.22. The standard InChI is InChI=1S/C16H17NO2S/c1-20(18,19)15-8-6-13(7-9-15)12-17-11-10-14-4-2-3-5-16(14)17/h2-9H,10-12H2,1H3. The Morgan fingerprint density at radius 1 is 1.05 bits per heavy atom. The molecule has 0 aliphatic carbocycles. The maximum absolute atomic E-state index is 11.4. The Labute approximate surface area is 119 Å². The van der Waals surface area contributed by atoms with Gasteiger partial charge in [0.2, 0.25) is 0 Å². The molecule has 1 aliphatic rings. The number of hydrogen-bond acceptors (Lipinski definition) is 3. The van der Waals surface area contributed by atoms with E-state index in [0.717, 1.165) is 25.1 Å². The van der Waals surface area contributed by atoms with Crippen LogP contribution in [0.3, 0.4) is 0 Å². The first-order valence-electron chi connectivity index (χ1n) is 6.66. The molecular formula is C16H17NO2S. The van der Waals surface area contributed by atoms with Gasteiger partial charge in [-0.25, -0.2) is 8.42 Å². The summed E-state index contributed by atoms with van der Waals surface area (Å²) in [6.07, 6.45) is 2.32. The molecule has 0 unspecified atom stereocenters. The van der Waals surface area contributed by atoms with Gasteiger partial charge < -0.3 is 4.90 Å². The van der Waals surface area contributed by atoms with Crippen molar-refractivity contribution in [3.05, 3.63) is 59.7 Å². The Hall–Kier alpha value is -1.81.